The van der Waals surface area contributed by atoms with Crippen molar-refractivity contribution >= 4 is 90.3 Å². The van der Waals surface area contributed by atoms with Gasteiger partial charge in [0.05, 0.1) is 124 Å². The molecule has 12 aromatic carbocycles. The van der Waals surface area contributed by atoms with Crippen molar-refractivity contribution in [2.45, 2.75) is 23.7 Å². The second-order valence-corrected chi connectivity index (χ2v) is 28.1. The van der Waals surface area contributed by atoms with Crippen LogP contribution in [-0.4, -0.2) is 56.9 Å². The van der Waals surface area contributed by atoms with Gasteiger partial charge in [-0.15, -0.1) is 0 Å². The summed E-state index contributed by atoms with van der Waals surface area (Å²) in [6.07, 6.45) is 0. The van der Waals surface area contributed by atoms with Crippen LogP contribution in [0.2, 0.25) is 20.1 Å². The van der Waals surface area contributed by atoms with E-state index < -0.39 is 23.7 Å². The molecule has 1 aliphatic rings. The van der Waals surface area contributed by atoms with Crippen LogP contribution < -0.4 is 37.9 Å². The molecule has 0 fully saturated rings. The van der Waals surface area contributed by atoms with E-state index in [1.807, 2.05) is 194 Å². The fraction of sp³-hybridized carbons (Fsp3) is 0.130. The Bertz CT molecular complexity index is 5320. The van der Waals surface area contributed by atoms with Gasteiger partial charge in [0.25, 0.3) is 0 Å². The van der Waals surface area contributed by atoms with Crippen LogP contribution in [0.3, 0.4) is 0 Å². The smallest absolute Gasteiger partial charge is 0.146 e. The lowest BCUT2D eigenvalue weighted by Crippen LogP contribution is -2.08. The number of hydrogen-bond acceptors (Lipinski definition) is 12. The first-order chi connectivity index (χ1) is 52.9. The lowest BCUT2D eigenvalue weighted by Gasteiger charge is -2.22. The molecule has 0 saturated heterocycles. The lowest BCUT2D eigenvalue weighted by atomic mass is 9.81. The first-order valence-electron chi connectivity index (χ1n) is 35.0. The summed E-state index contributed by atoms with van der Waals surface area (Å²) in [6, 6.07) is 79.3. The van der Waals surface area contributed by atoms with E-state index >= 15 is 0 Å². The maximum atomic E-state index is 8.22. The van der Waals surface area contributed by atoms with Crippen LogP contribution >= 0.6 is 46.4 Å². The molecule has 536 valence electrons. The molecule has 16 bridgehead atoms. The zero-order valence-electron chi connectivity index (χ0n) is 59.8. The van der Waals surface area contributed by atoms with Crippen molar-refractivity contribution in [1.29, 1.82) is 0 Å². The summed E-state index contributed by atoms with van der Waals surface area (Å²) in [5.41, 5.74) is 12.8. The predicted octanol–water partition coefficient (Wildman–Crippen LogP) is 25.1. The number of ether oxygens (including phenoxy) is 8. The molecule has 17 rings (SSSR count). The zero-order chi connectivity index (χ0) is 74.2. The summed E-state index contributed by atoms with van der Waals surface area (Å²) in [6.45, 7) is 0. The number of hydrogen-bond donors (Lipinski definition) is 0. The second kappa shape index (κ2) is 28.6. The highest BCUT2D eigenvalue weighted by Gasteiger charge is 2.44. The molecule has 4 unspecified atom stereocenters. The minimum atomic E-state index is -0.938. The second-order valence-electron chi connectivity index (χ2n) is 26.4. The minimum absolute atomic E-state index is 0.401. The van der Waals surface area contributed by atoms with Crippen molar-refractivity contribution in [2.75, 3.05) is 56.9 Å². The van der Waals surface area contributed by atoms with E-state index in [1.165, 1.54) is 0 Å². The summed E-state index contributed by atoms with van der Waals surface area (Å²) in [5, 5.41) is 4.51. The van der Waals surface area contributed by atoms with Gasteiger partial charge >= 0.3 is 0 Å². The number of furan rings is 4. The molecule has 108 heavy (non-hydrogen) atoms. The molecule has 16 heteroatoms. The fourth-order valence-corrected chi connectivity index (χ4v) is 16.7. The van der Waals surface area contributed by atoms with E-state index in [2.05, 4.69) is 48.5 Å². The summed E-state index contributed by atoms with van der Waals surface area (Å²) in [5.74, 6) is 1.54. The van der Waals surface area contributed by atoms with Crippen LogP contribution in [0.1, 0.15) is 91.2 Å². The topological polar surface area (TPSA) is 126 Å². The highest BCUT2D eigenvalue weighted by Crippen LogP contribution is 2.62. The van der Waals surface area contributed by atoms with Gasteiger partial charge in [-0.1, -0.05) is 216 Å². The van der Waals surface area contributed by atoms with Crippen LogP contribution in [0, 0.1) is 0 Å². The van der Waals surface area contributed by atoms with Gasteiger partial charge in [-0.25, -0.2) is 0 Å². The molecule has 16 aromatic rings. The zero-order valence-corrected chi connectivity index (χ0v) is 62.8. The number of halogens is 4. The van der Waals surface area contributed by atoms with Gasteiger partial charge in [0.2, 0.25) is 0 Å². The number of fused-ring (bicyclic) bond motifs is 4. The van der Waals surface area contributed by atoms with E-state index in [0.29, 0.717) is 178 Å². The quantitative estimate of drug-likeness (QED) is 0.0914. The monoisotopic (exact) mass is 1500 g/mol. The Balaban J connectivity index is 1.19. The average Bonchev–Trinajstić information content (AvgIpc) is 1.54. The van der Waals surface area contributed by atoms with E-state index in [9.17, 15) is 0 Å². The molecule has 0 saturated carbocycles. The molecular weight excluding hydrogens is 1440 g/mol. The van der Waals surface area contributed by atoms with E-state index in [-0.39, 0.29) is 0 Å². The van der Waals surface area contributed by atoms with Gasteiger partial charge in [-0.2, -0.15) is 0 Å². The molecule has 4 aromatic heterocycles. The maximum Gasteiger partial charge on any atom is 0.146 e. The molecule has 4 heterocycles. The first-order valence-corrected chi connectivity index (χ1v) is 36.5. The molecule has 1 aliphatic carbocycles. The molecule has 0 amide bonds. The van der Waals surface area contributed by atoms with Crippen LogP contribution in [0.5, 0.6) is 46.0 Å². The largest absolute Gasteiger partial charge is 0.496 e. The molecule has 0 spiro atoms. The third-order valence-corrected chi connectivity index (χ3v) is 21.9. The lowest BCUT2D eigenvalue weighted by molar-refractivity contribution is 0.387. The number of benzene rings is 12. The Labute approximate surface area is 642 Å². The summed E-state index contributed by atoms with van der Waals surface area (Å²) in [4.78, 5) is 0. The van der Waals surface area contributed by atoms with Crippen LogP contribution in [0.25, 0.3) is 88.4 Å². The van der Waals surface area contributed by atoms with E-state index in [0.717, 1.165) is 44.5 Å². The standard InChI is InChI=1S/C92H68Cl4O12/c1-97-61-45-65(101-5)81-73(53-29-37-57(93)38-30-53)86-70(50-23-15-10-16-24-50)78-63(99-3)47-67(103-7)83(91(78)106-86)75(55-33-41-59(95)42-34-55)88-72(52-27-19-12-20-28-52)80-64(100-4)48-68(104-8)84(92(80)108-88)76(56-35-43-60(96)44-36-56)87-71(51-25-17-11-18-26-51)79-62(98-2)46-66(102-6)82(90(79)107-87)74(54-31-39-58(94)40-32-54)85-69(77(61)89(81)105-85)49-21-13-9-14-22-49/h9-48,73-76H,1-8H3. The third kappa shape index (κ3) is 11.4. The van der Waals surface area contributed by atoms with Crippen LogP contribution in [-0.2, 0) is 0 Å². The van der Waals surface area contributed by atoms with Crippen molar-refractivity contribution in [3.8, 4) is 90.5 Å². The van der Waals surface area contributed by atoms with Crippen molar-refractivity contribution in [1.82, 2.24) is 0 Å². The average molecular weight is 1510 g/mol. The van der Waals surface area contributed by atoms with E-state index in [4.69, 9.17) is 102 Å². The highest BCUT2D eigenvalue weighted by molar-refractivity contribution is 6.31. The van der Waals surface area contributed by atoms with Crippen molar-refractivity contribution in [3.63, 3.8) is 0 Å². The predicted molar refractivity (Wildman–Crippen MR) is 429 cm³/mol. The molecule has 0 radical (unpaired) electrons. The SMILES string of the molecule is COc1cc(OC)c2c(-c3ccccc3)c3oc2c1C(c1ccc(Cl)cc1)c1oc2c(c(OC)cc(OC)c2c1-c1ccccc1)C(c1ccc(Cl)cc1)c1oc2c(c(OC)cc(OC)c2c1-c1ccccc1)C(c1ccc(Cl)cc1)c1oc2c(c(OC)cc(OC)c2c1-c1ccccc1)C3c1ccc(Cl)cc1. The highest BCUT2D eigenvalue weighted by atomic mass is 35.5. The van der Waals surface area contributed by atoms with Crippen molar-refractivity contribution in [3.05, 3.63) is 330 Å². The van der Waals surface area contributed by atoms with Crippen molar-refractivity contribution in [2.24, 2.45) is 0 Å². The van der Waals surface area contributed by atoms with Gasteiger partial charge < -0.3 is 55.6 Å². The molecule has 0 N–H and O–H groups in total. The Hall–Kier alpha value is -11.6. The molecule has 4 atom stereocenters. The Morgan fingerprint density at radius 3 is 0.565 bits per heavy atom. The Morgan fingerprint density at radius 2 is 0.398 bits per heavy atom. The van der Waals surface area contributed by atoms with Crippen LogP contribution in [0.15, 0.2) is 260 Å². The minimum Gasteiger partial charge on any atom is -0.496 e. The fourth-order valence-electron chi connectivity index (χ4n) is 16.2. The first kappa shape index (κ1) is 69.4. The molecule has 12 nitrogen and oxygen atoms in total. The number of rotatable bonds is 16. The maximum absolute atomic E-state index is 8.22. The third-order valence-electron chi connectivity index (χ3n) is 20.8. The van der Waals surface area contributed by atoms with Gasteiger partial charge in [-0.05, 0) is 93.0 Å². The van der Waals surface area contributed by atoms with Gasteiger partial charge in [-0.3, -0.25) is 0 Å². The van der Waals surface area contributed by atoms with Gasteiger partial charge in [0.15, 0.2) is 0 Å². The van der Waals surface area contributed by atoms with Crippen molar-refractivity contribution < 1.29 is 55.6 Å². The van der Waals surface area contributed by atoms with Gasteiger partial charge in [0, 0.05) is 66.6 Å². The Kier molecular flexibility index (Phi) is 18.4. The summed E-state index contributed by atoms with van der Waals surface area (Å²) >= 11 is 28.1. The Morgan fingerprint density at radius 1 is 0.222 bits per heavy atom. The van der Waals surface area contributed by atoms with Crippen LogP contribution in [0.4, 0.5) is 0 Å². The molecular formula is C92H68Cl4O12. The van der Waals surface area contributed by atoms with E-state index in [1.54, 1.807) is 56.9 Å². The number of methoxy groups -OCH3 is 8. The summed E-state index contributed by atoms with van der Waals surface area (Å²) < 4.78 is 86.9. The summed E-state index contributed by atoms with van der Waals surface area (Å²) in [7, 11) is 13.2. The molecule has 0 aliphatic heterocycles. The van der Waals surface area contributed by atoms with Gasteiger partial charge in [0.1, 0.15) is 91.4 Å². The normalized spacial score (nSPS) is 14.9.